The highest BCUT2D eigenvalue weighted by Crippen LogP contribution is 2.26. The van der Waals surface area contributed by atoms with Crippen LogP contribution in [0.25, 0.3) is 0 Å². The summed E-state index contributed by atoms with van der Waals surface area (Å²) in [6, 6.07) is -0.478. The number of piperazine rings is 1. The van der Waals surface area contributed by atoms with Crippen molar-refractivity contribution in [2.45, 2.75) is 43.8 Å². The number of rotatable bonds is 3. The van der Waals surface area contributed by atoms with E-state index in [9.17, 15) is 9.59 Å². The largest absolute Gasteiger partial charge is 0.383 e. The minimum atomic E-state index is -0.677. The van der Waals surface area contributed by atoms with Gasteiger partial charge in [0.15, 0.2) is 0 Å². The van der Waals surface area contributed by atoms with Gasteiger partial charge in [0.2, 0.25) is 11.8 Å². The van der Waals surface area contributed by atoms with E-state index in [0.29, 0.717) is 0 Å². The van der Waals surface area contributed by atoms with E-state index in [2.05, 4.69) is 5.32 Å². The van der Waals surface area contributed by atoms with Crippen LogP contribution in [0.4, 0.5) is 0 Å². The first-order chi connectivity index (χ1) is 8.63. The predicted molar refractivity (Wildman–Crippen MR) is 73.0 cm³/mol. The van der Waals surface area contributed by atoms with E-state index in [1.165, 1.54) is 7.11 Å². The molecule has 0 spiro atoms. The van der Waals surface area contributed by atoms with Gasteiger partial charge in [-0.25, -0.2) is 0 Å². The topological polar surface area (TPSA) is 84.7 Å². The monoisotopic (exact) mass is 291 g/mol. The molecular formula is C12H22ClN3O3. The van der Waals surface area contributed by atoms with Gasteiger partial charge in [-0.15, -0.1) is 12.4 Å². The van der Waals surface area contributed by atoms with Crippen molar-refractivity contribution in [3.05, 3.63) is 0 Å². The molecule has 19 heavy (non-hydrogen) atoms. The van der Waals surface area contributed by atoms with Gasteiger partial charge in [0.1, 0.15) is 6.04 Å². The number of hydrogen-bond acceptors (Lipinski definition) is 4. The van der Waals surface area contributed by atoms with Crippen LogP contribution in [0.5, 0.6) is 0 Å². The lowest BCUT2D eigenvalue weighted by molar-refractivity contribution is -0.146. The Hall–Kier alpha value is -0.850. The van der Waals surface area contributed by atoms with Crippen LogP contribution in [-0.2, 0) is 14.3 Å². The maximum Gasteiger partial charge on any atom is 0.242 e. The molecule has 6 nitrogen and oxygen atoms in total. The second-order valence-electron chi connectivity index (χ2n) is 5.05. The summed E-state index contributed by atoms with van der Waals surface area (Å²) in [5, 5.41) is 2.97. The number of carbonyl (C=O) groups is 2. The minimum Gasteiger partial charge on any atom is -0.383 e. The molecular weight excluding hydrogens is 270 g/mol. The lowest BCUT2D eigenvalue weighted by atomic mass is 9.87. The first-order valence-corrected chi connectivity index (χ1v) is 6.48. The molecule has 1 aliphatic carbocycles. The van der Waals surface area contributed by atoms with Gasteiger partial charge in [0.25, 0.3) is 0 Å². The third-order valence-electron chi connectivity index (χ3n) is 3.74. The Morgan fingerprint density at radius 1 is 1.53 bits per heavy atom. The van der Waals surface area contributed by atoms with Crippen LogP contribution < -0.4 is 11.1 Å². The van der Waals surface area contributed by atoms with E-state index >= 15 is 0 Å². The van der Waals surface area contributed by atoms with Crippen LogP contribution in [0.3, 0.4) is 0 Å². The third kappa shape index (κ3) is 3.58. The summed E-state index contributed by atoms with van der Waals surface area (Å²) in [6.07, 6.45) is 4.09. The predicted octanol–water partition coefficient (Wildman–Crippen LogP) is -0.348. The Labute approximate surface area is 119 Å². The van der Waals surface area contributed by atoms with Crippen LogP contribution in [-0.4, -0.2) is 55.1 Å². The maximum atomic E-state index is 12.2. The third-order valence-corrected chi connectivity index (χ3v) is 3.74. The summed E-state index contributed by atoms with van der Waals surface area (Å²) >= 11 is 0. The zero-order valence-corrected chi connectivity index (χ0v) is 11.9. The molecule has 1 aliphatic heterocycles. The summed E-state index contributed by atoms with van der Waals surface area (Å²) in [5.74, 6) is -0.264. The molecule has 2 fully saturated rings. The smallest absolute Gasteiger partial charge is 0.242 e. The molecule has 0 bridgehead atoms. The van der Waals surface area contributed by atoms with Crippen molar-refractivity contribution < 1.29 is 14.3 Å². The van der Waals surface area contributed by atoms with E-state index in [4.69, 9.17) is 10.5 Å². The van der Waals surface area contributed by atoms with Crippen molar-refractivity contribution in [3.63, 3.8) is 0 Å². The lowest BCUT2D eigenvalue weighted by Gasteiger charge is -2.44. The van der Waals surface area contributed by atoms with Crippen LogP contribution >= 0.6 is 12.4 Å². The summed E-state index contributed by atoms with van der Waals surface area (Å²) in [4.78, 5) is 25.5. The molecule has 2 rings (SSSR count). The Morgan fingerprint density at radius 2 is 2.21 bits per heavy atom. The van der Waals surface area contributed by atoms with E-state index in [1.807, 2.05) is 0 Å². The summed E-state index contributed by atoms with van der Waals surface area (Å²) in [7, 11) is 1.51. The number of nitrogens with two attached hydrogens (primary N) is 1. The van der Waals surface area contributed by atoms with Gasteiger partial charge in [-0.05, 0) is 12.8 Å². The summed E-state index contributed by atoms with van der Waals surface area (Å²) < 4.78 is 4.91. The molecule has 0 aromatic carbocycles. The molecule has 3 unspecified atom stereocenters. The molecule has 0 aromatic heterocycles. The van der Waals surface area contributed by atoms with Gasteiger partial charge >= 0.3 is 0 Å². The number of ether oxygens (including phenoxy) is 1. The average molecular weight is 292 g/mol. The molecule has 2 aliphatic rings. The van der Waals surface area contributed by atoms with E-state index in [0.717, 1.165) is 25.7 Å². The quantitative estimate of drug-likeness (QED) is 0.744. The standard InChI is InChI=1S/C12H21N3O3.ClH/c1-18-7-8(13)12(17)15-6-11(16)14-9-4-2-3-5-10(9)15;/h8-10H,2-7,13H2,1H3,(H,14,16);1H. The molecule has 3 atom stereocenters. The van der Waals surface area contributed by atoms with E-state index in [-0.39, 0.29) is 49.5 Å². The molecule has 110 valence electrons. The second-order valence-corrected chi connectivity index (χ2v) is 5.05. The number of hydrogen-bond donors (Lipinski definition) is 2. The van der Waals surface area contributed by atoms with Gasteiger partial charge in [-0.2, -0.15) is 0 Å². The molecule has 2 amide bonds. The SMILES string of the molecule is COCC(N)C(=O)N1CC(=O)NC2CCCCC21.Cl. The van der Waals surface area contributed by atoms with Crippen molar-refractivity contribution in [2.75, 3.05) is 20.3 Å². The van der Waals surface area contributed by atoms with Crippen LogP contribution in [0, 0.1) is 0 Å². The Balaban J connectivity index is 0.00000180. The molecule has 0 aromatic rings. The number of halogens is 1. The highest BCUT2D eigenvalue weighted by Gasteiger charge is 2.39. The normalized spacial score (nSPS) is 27.9. The highest BCUT2D eigenvalue weighted by molar-refractivity contribution is 5.89. The maximum absolute atomic E-state index is 12.2. The number of fused-ring (bicyclic) bond motifs is 1. The highest BCUT2D eigenvalue weighted by atomic mass is 35.5. The zero-order valence-electron chi connectivity index (χ0n) is 11.1. The lowest BCUT2D eigenvalue weighted by Crippen LogP contribution is -2.65. The summed E-state index contributed by atoms with van der Waals surface area (Å²) in [6.45, 7) is 0.311. The molecule has 1 saturated heterocycles. The number of carbonyl (C=O) groups excluding carboxylic acids is 2. The van der Waals surface area contributed by atoms with Crippen molar-refractivity contribution in [2.24, 2.45) is 5.73 Å². The van der Waals surface area contributed by atoms with E-state index < -0.39 is 6.04 Å². The van der Waals surface area contributed by atoms with Crippen molar-refractivity contribution in [1.82, 2.24) is 10.2 Å². The number of nitrogens with one attached hydrogen (secondary N) is 1. The van der Waals surface area contributed by atoms with Gasteiger partial charge in [0, 0.05) is 13.2 Å². The van der Waals surface area contributed by atoms with Crippen molar-refractivity contribution in [1.29, 1.82) is 0 Å². The molecule has 7 heteroatoms. The van der Waals surface area contributed by atoms with Gasteiger partial charge in [-0.1, -0.05) is 12.8 Å². The van der Waals surface area contributed by atoms with Crippen molar-refractivity contribution >= 4 is 24.2 Å². The second kappa shape index (κ2) is 7.07. The fourth-order valence-electron chi connectivity index (χ4n) is 2.88. The Bertz CT molecular complexity index is 340. The minimum absolute atomic E-state index is 0. The fraction of sp³-hybridized carbons (Fsp3) is 0.833. The molecule has 0 radical (unpaired) electrons. The Kier molecular flexibility index (Phi) is 6.03. The van der Waals surface area contributed by atoms with Crippen LogP contribution in [0.2, 0.25) is 0 Å². The number of amides is 2. The van der Waals surface area contributed by atoms with Gasteiger partial charge < -0.3 is 20.7 Å². The molecule has 1 saturated carbocycles. The first-order valence-electron chi connectivity index (χ1n) is 6.48. The molecule has 1 heterocycles. The average Bonchev–Trinajstić information content (AvgIpc) is 2.37. The number of methoxy groups -OCH3 is 1. The van der Waals surface area contributed by atoms with Gasteiger partial charge in [-0.3, -0.25) is 9.59 Å². The fourth-order valence-corrected chi connectivity index (χ4v) is 2.88. The van der Waals surface area contributed by atoms with Crippen LogP contribution in [0.15, 0.2) is 0 Å². The van der Waals surface area contributed by atoms with Crippen molar-refractivity contribution in [3.8, 4) is 0 Å². The number of nitrogens with zero attached hydrogens (tertiary/aromatic N) is 1. The Morgan fingerprint density at radius 3 is 2.89 bits per heavy atom. The first kappa shape index (κ1) is 16.2. The van der Waals surface area contributed by atoms with Crippen LogP contribution in [0.1, 0.15) is 25.7 Å². The zero-order chi connectivity index (χ0) is 13.1. The van der Waals surface area contributed by atoms with Gasteiger partial charge in [0.05, 0.1) is 19.2 Å². The van der Waals surface area contributed by atoms with E-state index in [1.54, 1.807) is 4.90 Å². The summed E-state index contributed by atoms with van der Waals surface area (Å²) in [5.41, 5.74) is 5.78. The molecule has 3 N–H and O–H groups in total.